The van der Waals surface area contributed by atoms with E-state index in [1.807, 2.05) is 54.6 Å². The third-order valence-corrected chi connectivity index (χ3v) is 5.32. The summed E-state index contributed by atoms with van der Waals surface area (Å²) < 4.78 is 6.56. The summed E-state index contributed by atoms with van der Waals surface area (Å²) in [6.45, 7) is 0.347. The predicted octanol–water partition coefficient (Wildman–Crippen LogP) is 5.55. The number of anilines is 1. The Kier molecular flexibility index (Phi) is 8.83. The molecular weight excluding hydrogens is 494 g/mol. The Balaban J connectivity index is 1.43. The summed E-state index contributed by atoms with van der Waals surface area (Å²) in [5.41, 5.74) is 4.78. The van der Waals surface area contributed by atoms with Gasteiger partial charge >= 0.3 is 0 Å². The van der Waals surface area contributed by atoms with Crippen LogP contribution in [0.2, 0.25) is 5.02 Å². The Morgan fingerprint density at radius 2 is 1.69 bits per heavy atom. The number of amides is 2. The molecule has 3 aromatic rings. The van der Waals surface area contributed by atoms with Crippen molar-refractivity contribution in [2.75, 3.05) is 5.32 Å². The third kappa shape index (κ3) is 7.51. The molecule has 0 atom stereocenters. The zero-order chi connectivity index (χ0) is 22.8. The molecule has 0 aromatic heterocycles. The molecule has 0 unspecified atom stereocenters. The molecule has 0 saturated carbocycles. The van der Waals surface area contributed by atoms with Gasteiger partial charge in [-0.1, -0.05) is 48.0 Å². The van der Waals surface area contributed by atoms with Gasteiger partial charge in [0.25, 0.3) is 0 Å². The van der Waals surface area contributed by atoms with Crippen molar-refractivity contribution in [2.45, 2.75) is 19.4 Å². The van der Waals surface area contributed by atoms with Crippen molar-refractivity contribution in [2.24, 2.45) is 5.10 Å². The molecule has 0 aliphatic rings. The first kappa shape index (κ1) is 23.5. The maximum atomic E-state index is 11.9. The summed E-state index contributed by atoms with van der Waals surface area (Å²) in [6.07, 6.45) is 1.62. The molecule has 32 heavy (non-hydrogen) atoms. The number of benzene rings is 3. The average Bonchev–Trinajstić information content (AvgIpc) is 2.79. The van der Waals surface area contributed by atoms with Gasteiger partial charge in [-0.3, -0.25) is 9.59 Å². The van der Waals surface area contributed by atoms with Gasteiger partial charge in [-0.15, -0.1) is 0 Å². The molecule has 0 bridgehead atoms. The summed E-state index contributed by atoms with van der Waals surface area (Å²) in [6, 6.07) is 22.0. The zero-order valence-corrected chi connectivity index (χ0v) is 19.4. The molecule has 0 fully saturated rings. The summed E-state index contributed by atoms with van der Waals surface area (Å²) in [5, 5.41) is 7.33. The van der Waals surface area contributed by atoms with Crippen LogP contribution >= 0.6 is 27.5 Å². The number of halogens is 2. The minimum Gasteiger partial charge on any atom is -0.488 e. The maximum absolute atomic E-state index is 11.9. The van der Waals surface area contributed by atoms with Crippen molar-refractivity contribution >= 4 is 51.2 Å². The van der Waals surface area contributed by atoms with E-state index in [9.17, 15) is 9.59 Å². The number of hydrogen-bond acceptors (Lipinski definition) is 4. The lowest BCUT2D eigenvalue weighted by atomic mass is 10.2. The molecule has 0 spiro atoms. The quantitative estimate of drug-likeness (QED) is 0.290. The number of carbonyl (C=O) groups excluding carboxylic acids is 2. The van der Waals surface area contributed by atoms with Crippen molar-refractivity contribution in [3.63, 3.8) is 0 Å². The molecule has 0 saturated heterocycles. The van der Waals surface area contributed by atoms with Crippen LogP contribution in [0.1, 0.15) is 24.0 Å². The van der Waals surface area contributed by atoms with Gasteiger partial charge in [0, 0.05) is 29.1 Å². The van der Waals surface area contributed by atoms with Crippen molar-refractivity contribution in [3.8, 4) is 5.75 Å². The van der Waals surface area contributed by atoms with Crippen LogP contribution in [0.4, 0.5) is 5.69 Å². The minimum absolute atomic E-state index is 0.0362. The Morgan fingerprint density at radius 3 is 2.44 bits per heavy atom. The van der Waals surface area contributed by atoms with Gasteiger partial charge in [-0.2, -0.15) is 5.10 Å². The summed E-state index contributed by atoms with van der Waals surface area (Å²) in [5.74, 6) is 0.0883. The number of carbonyl (C=O) groups is 2. The summed E-state index contributed by atoms with van der Waals surface area (Å²) >= 11 is 9.63. The Bertz CT molecular complexity index is 1110. The monoisotopic (exact) mass is 513 g/mol. The SMILES string of the molecule is O=C(CCC(=O)Nc1ccccc1)NN=Cc1ccc(OCc2ccccc2Cl)c(Br)c1. The van der Waals surface area contributed by atoms with Crippen LogP contribution in [0, 0.1) is 0 Å². The molecule has 164 valence electrons. The fraction of sp³-hybridized carbons (Fsp3) is 0.125. The smallest absolute Gasteiger partial charge is 0.240 e. The number of hydrogen-bond donors (Lipinski definition) is 2. The second-order valence-electron chi connectivity index (χ2n) is 6.78. The van der Waals surface area contributed by atoms with Crippen molar-refractivity contribution in [1.82, 2.24) is 5.43 Å². The van der Waals surface area contributed by atoms with Crippen molar-refractivity contribution in [1.29, 1.82) is 0 Å². The van der Waals surface area contributed by atoms with Crippen LogP contribution in [-0.2, 0) is 16.2 Å². The van der Waals surface area contributed by atoms with Gasteiger partial charge in [0.1, 0.15) is 12.4 Å². The van der Waals surface area contributed by atoms with E-state index < -0.39 is 0 Å². The Hall–Kier alpha value is -3.16. The van der Waals surface area contributed by atoms with Crippen molar-refractivity contribution < 1.29 is 14.3 Å². The molecule has 3 rings (SSSR count). The molecule has 6 nitrogen and oxygen atoms in total. The van der Waals surface area contributed by atoms with E-state index in [1.165, 1.54) is 6.21 Å². The van der Waals surface area contributed by atoms with Gasteiger partial charge < -0.3 is 10.1 Å². The fourth-order valence-electron chi connectivity index (χ4n) is 2.69. The lowest BCUT2D eigenvalue weighted by Gasteiger charge is -2.10. The molecule has 0 heterocycles. The average molecular weight is 515 g/mol. The topological polar surface area (TPSA) is 79.8 Å². The van der Waals surface area contributed by atoms with E-state index in [-0.39, 0.29) is 24.7 Å². The number of hydrazone groups is 1. The van der Waals surface area contributed by atoms with Gasteiger partial charge in [0.05, 0.1) is 10.7 Å². The predicted molar refractivity (Wildman–Crippen MR) is 130 cm³/mol. The summed E-state index contributed by atoms with van der Waals surface area (Å²) in [7, 11) is 0. The Labute approximate surface area is 199 Å². The fourth-order valence-corrected chi connectivity index (χ4v) is 3.39. The molecule has 0 aliphatic carbocycles. The highest BCUT2D eigenvalue weighted by molar-refractivity contribution is 9.10. The van der Waals surface area contributed by atoms with Gasteiger partial charge in [0.15, 0.2) is 0 Å². The molecule has 0 aliphatic heterocycles. The largest absolute Gasteiger partial charge is 0.488 e. The molecule has 3 aromatic carbocycles. The molecular formula is C24H21BrClN3O3. The minimum atomic E-state index is -0.344. The van der Waals surface area contributed by atoms with Crippen LogP contribution in [-0.4, -0.2) is 18.0 Å². The van der Waals surface area contributed by atoms with E-state index in [0.717, 1.165) is 15.6 Å². The van der Waals surface area contributed by atoms with Crippen LogP contribution in [0.15, 0.2) is 82.4 Å². The normalized spacial score (nSPS) is 10.7. The maximum Gasteiger partial charge on any atom is 0.240 e. The molecule has 0 radical (unpaired) electrons. The number of para-hydroxylation sites is 1. The Morgan fingerprint density at radius 1 is 0.969 bits per heavy atom. The first-order valence-electron chi connectivity index (χ1n) is 9.84. The highest BCUT2D eigenvalue weighted by atomic mass is 79.9. The number of rotatable bonds is 9. The second-order valence-corrected chi connectivity index (χ2v) is 8.04. The number of ether oxygens (including phenoxy) is 1. The third-order valence-electron chi connectivity index (χ3n) is 4.34. The van der Waals surface area contributed by atoms with Gasteiger partial charge in [-0.05, 0) is 57.9 Å². The van der Waals surface area contributed by atoms with Crippen LogP contribution < -0.4 is 15.5 Å². The molecule has 2 amide bonds. The lowest BCUT2D eigenvalue weighted by molar-refractivity contribution is -0.124. The first-order valence-corrected chi connectivity index (χ1v) is 11.0. The molecule has 2 N–H and O–H groups in total. The van der Waals surface area contributed by atoms with E-state index >= 15 is 0 Å². The number of nitrogens with zero attached hydrogens (tertiary/aromatic N) is 1. The van der Waals surface area contributed by atoms with Gasteiger partial charge in [0.2, 0.25) is 11.8 Å². The molecule has 8 heteroatoms. The van der Waals surface area contributed by atoms with E-state index in [0.29, 0.717) is 23.1 Å². The van der Waals surface area contributed by atoms with E-state index in [1.54, 1.807) is 18.2 Å². The highest BCUT2D eigenvalue weighted by Crippen LogP contribution is 2.27. The summed E-state index contributed by atoms with van der Waals surface area (Å²) in [4.78, 5) is 23.8. The lowest BCUT2D eigenvalue weighted by Crippen LogP contribution is -2.20. The number of nitrogens with one attached hydrogen (secondary N) is 2. The van der Waals surface area contributed by atoms with E-state index in [4.69, 9.17) is 16.3 Å². The second kappa shape index (κ2) is 12.0. The van der Waals surface area contributed by atoms with Crippen molar-refractivity contribution in [3.05, 3.63) is 93.4 Å². The highest BCUT2D eigenvalue weighted by Gasteiger charge is 2.07. The first-order chi connectivity index (χ1) is 15.5. The van der Waals surface area contributed by atoms with E-state index in [2.05, 4.69) is 31.8 Å². The zero-order valence-electron chi connectivity index (χ0n) is 17.1. The van der Waals surface area contributed by atoms with Gasteiger partial charge in [-0.25, -0.2) is 5.43 Å². The van der Waals surface area contributed by atoms with Crippen LogP contribution in [0.3, 0.4) is 0 Å². The van der Waals surface area contributed by atoms with Crippen LogP contribution in [0.25, 0.3) is 0 Å². The standard InChI is InChI=1S/C24H21BrClN3O3/c25-20-14-17(10-11-22(20)32-16-18-6-4-5-9-21(18)26)15-27-29-24(31)13-12-23(30)28-19-7-2-1-3-8-19/h1-11,14-15H,12-13,16H2,(H,28,30)(H,29,31). The van der Waals surface area contributed by atoms with Crippen LogP contribution in [0.5, 0.6) is 5.75 Å².